The van der Waals surface area contributed by atoms with Gasteiger partial charge in [-0.25, -0.2) is 0 Å². The topological polar surface area (TPSA) is 67.9 Å². The van der Waals surface area contributed by atoms with Gasteiger partial charge in [0.1, 0.15) is 16.3 Å². The standard InChI is InChI=1S/C8H13N3O2S.2Na.2H/c1-8(2,3)13-6(12)4-5-7(14)10-11-9-5;;;;/h4H2,1-3H3,(H2,9,10,11,14);;;;. The van der Waals surface area contributed by atoms with E-state index in [1.165, 1.54) is 0 Å². The Bertz CT molecular complexity index is 338. The number of carbonyl (C=O) groups is 1. The molecule has 1 aromatic heterocycles. The molecule has 1 aromatic rings. The Morgan fingerprint density at radius 3 is 2.38 bits per heavy atom. The summed E-state index contributed by atoms with van der Waals surface area (Å²) >= 11 is 4.05. The number of hydrogen-bond donors (Lipinski definition) is 2. The van der Waals surface area contributed by atoms with Crippen LogP contribution in [-0.2, 0) is 16.0 Å². The van der Waals surface area contributed by atoms with Crippen LogP contribution in [0.2, 0.25) is 0 Å². The van der Waals surface area contributed by atoms with E-state index in [9.17, 15) is 4.79 Å². The number of carbonyl (C=O) groups excluding carboxylic acids is 1. The summed E-state index contributed by atoms with van der Waals surface area (Å²) in [6.07, 6.45) is 0.0899. The fourth-order valence-electron chi connectivity index (χ4n) is 0.878. The van der Waals surface area contributed by atoms with Crippen molar-refractivity contribution in [1.82, 2.24) is 15.4 Å². The fraction of sp³-hybridized carbons (Fsp3) is 0.625. The van der Waals surface area contributed by atoms with E-state index in [1.54, 1.807) is 0 Å². The number of aromatic nitrogens is 3. The van der Waals surface area contributed by atoms with Gasteiger partial charge in [-0.3, -0.25) is 9.89 Å². The van der Waals surface area contributed by atoms with Crippen molar-refractivity contribution < 1.29 is 9.53 Å². The van der Waals surface area contributed by atoms with Crippen LogP contribution in [0.25, 0.3) is 0 Å². The van der Waals surface area contributed by atoms with Crippen molar-refractivity contribution >= 4 is 77.7 Å². The monoisotopic (exact) mass is 263 g/mol. The molecule has 0 amide bonds. The van der Waals surface area contributed by atoms with Gasteiger partial charge in [0.05, 0.1) is 6.42 Å². The molecule has 16 heavy (non-hydrogen) atoms. The van der Waals surface area contributed by atoms with Crippen LogP contribution in [-0.4, -0.2) is 86.1 Å². The Morgan fingerprint density at radius 1 is 1.44 bits per heavy atom. The van der Waals surface area contributed by atoms with E-state index in [0.29, 0.717) is 10.7 Å². The van der Waals surface area contributed by atoms with Gasteiger partial charge in [0.15, 0.2) is 0 Å². The summed E-state index contributed by atoms with van der Waals surface area (Å²) in [7, 11) is 0. The average molecular weight is 263 g/mol. The van der Waals surface area contributed by atoms with Gasteiger partial charge in [-0.05, 0) is 20.8 Å². The predicted molar refractivity (Wildman–Crippen MR) is 67.5 cm³/mol. The third-order valence-electron chi connectivity index (χ3n) is 1.33. The van der Waals surface area contributed by atoms with Crippen molar-refractivity contribution in [3.63, 3.8) is 0 Å². The van der Waals surface area contributed by atoms with Gasteiger partial charge in [0.25, 0.3) is 0 Å². The van der Waals surface area contributed by atoms with E-state index in [-0.39, 0.29) is 71.5 Å². The quantitative estimate of drug-likeness (QED) is 0.436. The molecule has 82 valence electrons. The van der Waals surface area contributed by atoms with E-state index < -0.39 is 5.60 Å². The van der Waals surface area contributed by atoms with Gasteiger partial charge in [-0.15, -0.1) is 17.7 Å². The first-order valence-electron chi connectivity index (χ1n) is 4.19. The molecule has 8 heteroatoms. The first-order chi connectivity index (χ1) is 6.38. The number of thiol groups is 1. The third-order valence-corrected chi connectivity index (χ3v) is 1.69. The minimum absolute atomic E-state index is 0. The normalized spacial score (nSPS) is 10.0. The fourth-order valence-corrected chi connectivity index (χ4v) is 1.05. The molecule has 0 radical (unpaired) electrons. The first kappa shape index (κ1) is 19.3. The second kappa shape index (κ2) is 8.13. The van der Waals surface area contributed by atoms with E-state index in [2.05, 4.69) is 28.0 Å². The summed E-state index contributed by atoms with van der Waals surface area (Å²) in [6, 6.07) is 0. The molecule has 0 aromatic carbocycles. The molecule has 0 aliphatic carbocycles. The van der Waals surface area contributed by atoms with Crippen molar-refractivity contribution in [2.45, 2.75) is 37.8 Å². The molecule has 0 aliphatic rings. The van der Waals surface area contributed by atoms with Crippen molar-refractivity contribution in [3.8, 4) is 0 Å². The number of ether oxygens (including phenoxy) is 1. The molecule has 1 N–H and O–H groups in total. The maximum absolute atomic E-state index is 11.3. The zero-order valence-electron chi connectivity index (χ0n) is 8.37. The zero-order chi connectivity index (χ0) is 10.8. The third kappa shape index (κ3) is 7.32. The van der Waals surface area contributed by atoms with Crippen LogP contribution in [0.15, 0.2) is 5.03 Å². The van der Waals surface area contributed by atoms with Gasteiger partial charge in [0.2, 0.25) is 0 Å². The van der Waals surface area contributed by atoms with Crippen molar-refractivity contribution in [2.75, 3.05) is 0 Å². The van der Waals surface area contributed by atoms with Gasteiger partial charge in [-0.1, -0.05) is 5.21 Å². The van der Waals surface area contributed by atoms with Crippen LogP contribution in [0.3, 0.4) is 0 Å². The molecule has 5 nitrogen and oxygen atoms in total. The number of nitrogens with zero attached hydrogens (tertiary/aromatic N) is 2. The van der Waals surface area contributed by atoms with Crippen molar-refractivity contribution in [3.05, 3.63) is 5.69 Å². The summed E-state index contributed by atoms with van der Waals surface area (Å²) in [5, 5.41) is 10.2. The number of hydrogen-bond acceptors (Lipinski definition) is 5. The summed E-state index contributed by atoms with van der Waals surface area (Å²) in [4.78, 5) is 11.3. The van der Waals surface area contributed by atoms with Gasteiger partial charge >= 0.3 is 65.1 Å². The van der Waals surface area contributed by atoms with E-state index in [4.69, 9.17) is 4.74 Å². The predicted octanol–water partition coefficient (Wildman–Crippen LogP) is -0.319. The van der Waals surface area contributed by atoms with Crippen LogP contribution >= 0.6 is 12.6 Å². The summed E-state index contributed by atoms with van der Waals surface area (Å²) < 4.78 is 5.11. The molecule has 0 saturated heterocycles. The van der Waals surface area contributed by atoms with Crippen LogP contribution in [0.1, 0.15) is 26.5 Å². The number of H-pyrrole nitrogens is 1. The summed E-state index contributed by atoms with van der Waals surface area (Å²) in [6.45, 7) is 5.44. The van der Waals surface area contributed by atoms with E-state index in [0.717, 1.165) is 0 Å². The molecule has 0 unspecified atom stereocenters. The Kier molecular flexibility index (Phi) is 9.81. The maximum atomic E-state index is 11.3. The van der Waals surface area contributed by atoms with Crippen LogP contribution in [0.4, 0.5) is 0 Å². The molecule has 0 spiro atoms. The van der Waals surface area contributed by atoms with Crippen molar-refractivity contribution in [2.24, 2.45) is 0 Å². The molecule has 0 aliphatic heterocycles. The number of rotatable bonds is 2. The van der Waals surface area contributed by atoms with Gasteiger partial charge < -0.3 is 4.74 Å². The van der Waals surface area contributed by atoms with Crippen LogP contribution < -0.4 is 0 Å². The molecule has 0 atom stereocenters. The summed E-state index contributed by atoms with van der Waals surface area (Å²) in [5.41, 5.74) is 0.0278. The van der Waals surface area contributed by atoms with Crippen LogP contribution in [0.5, 0.6) is 0 Å². The Morgan fingerprint density at radius 2 is 2.00 bits per heavy atom. The van der Waals surface area contributed by atoms with Crippen molar-refractivity contribution in [1.29, 1.82) is 0 Å². The Labute approximate surface area is 144 Å². The SMILES string of the molecule is CC(C)(C)OC(=O)Cc1nn[nH]c1S.[NaH].[NaH]. The molecule has 0 fully saturated rings. The second-order valence-electron chi connectivity index (χ2n) is 3.87. The average Bonchev–Trinajstić information content (AvgIpc) is 2.32. The second-order valence-corrected chi connectivity index (χ2v) is 4.32. The molecular weight excluding hydrogens is 248 g/mol. The van der Waals surface area contributed by atoms with Gasteiger partial charge in [-0.2, -0.15) is 0 Å². The zero-order valence-corrected chi connectivity index (χ0v) is 9.26. The molecule has 1 heterocycles. The van der Waals surface area contributed by atoms with Crippen LogP contribution in [0, 0.1) is 0 Å². The summed E-state index contributed by atoms with van der Waals surface area (Å²) in [5.74, 6) is -0.332. The Balaban J connectivity index is 0. The molecule has 0 saturated carbocycles. The minimum atomic E-state index is -0.475. The van der Waals surface area contributed by atoms with E-state index >= 15 is 0 Å². The Hall–Kier alpha value is 0.960. The molecule has 0 bridgehead atoms. The number of aromatic amines is 1. The molecule has 1 rings (SSSR count). The van der Waals surface area contributed by atoms with E-state index in [1.807, 2.05) is 20.8 Å². The van der Waals surface area contributed by atoms with Gasteiger partial charge in [0, 0.05) is 0 Å². The number of esters is 1. The number of nitrogens with one attached hydrogen (secondary N) is 1. The molecular formula is C8H15N3Na2O2S. The first-order valence-corrected chi connectivity index (χ1v) is 4.64.